The van der Waals surface area contributed by atoms with Crippen molar-refractivity contribution in [2.75, 3.05) is 11.9 Å². The third-order valence-electron chi connectivity index (χ3n) is 4.75. The van der Waals surface area contributed by atoms with Crippen LogP contribution in [-0.2, 0) is 11.3 Å². The molecule has 2 N–H and O–H groups in total. The standard InChI is InChI=1S/C21H25FN2O/c1-15(2)17-5-9-19(10-6-17)23-21(25)14-24(20-11-12-20)13-16-3-7-18(22)8-4-16/h3-10,15,20H,11-14H2,1-2H3,(H,23,25)/p+1. The molecule has 1 amide bonds. The average molecular weight is 341 g/mol. The van der Waals surface area contributed by atoms with Gasteiger partial charge in [0, 0.05) is 24.1 Å². The minimum absolute atomic E-state index is 0.0290. The van der Waals surface area contributed by atoms with E-state index < -0.39 is 0 Å². The van der Waals surface area contributed by atoms with Crippen molar-refractivity contribution in [2.24, 2.45) is 0 Å². The van der Waals surface area contributed by atoms with E-state index in [1.54, 1.807) is 12.1 Å². The molecule has 1 atom stereocenters. The lowest BCUT2D eigenvalue weighted by Crippen LogP contribution is -3.13. The number of hydrogen-bond acceptors (Lipinski definition) is 1. The van der Waals surface area contributed by atoms with Gasteiger partial charge in [-0.05, 0) is 35.7 Å². The highest BCUT2D eigenvalue weighted by Gasteiger charge is 2.34. The molecule has 0 radical (unpaired) electrons. The van der Waals surface area contributed by atoms with Crippen molar-refractivity contribution >= 4 is 11.6 Å². The van der Waals surface area contributed by atoms with Crippen LogP contribution in [0.5, 0.6) is 0 Å². The minimum Gasteiger partial charge on any atom is -0.321 e. The molecule has 4 heteroatoms. The smallest absolute Gasteiger partial charge is 0.279 e. The molecule has 1 aliphatic rings. The van der Waals surface area contributed by atoms with Gasteiger partial charge in [-0.1, -0.05) is 38.1 Å². The maximum Gasteiger partial charge on any atom is 0.279 e. The van der Waals surface area contributed by atoms with Gasteiger partial charge in [0.25, 0.3) is 5.91 Å². The summed E-state index contributed by atoms with van der Waals surface area (Å²) in [5, 5.41) is 3.00. The Morgan fingerprint density at radius 2 is 1.76 bits per heavy atom. The van der Waals surface area contributed by atoms with Crippen LogP contribution in [0.15, 0.2) is 48.5 Å². The van der Waals surface area contributed by atoms with Gasteiger partial charge in [0.2, 0.25) is 0 Å². The highest BCUT2D eigenvalue weighted by atomic mass is 19.1. The summed E-state index contributed by atoms with van der Waals surface area (Å²) < 4.78 is 13.1. The summed E-state index contributed by atoms with van der Waals surface area (Å²) in [7, 11) is 0. The van der Waals surface area contributed by atoms with Crippen LogP contribution >= 0.6 is 0 Å². The van der Waals surface area contributed by atoms with Crippen LogP contribution in [0.4, 0.5) is 10.1 Å². The zero-order valence-corrected chi connectivity index (χ0v) is 14.9. The second kappa shape index (κ2) is 7.79. The molecule has 0 heterocycles. The Morgan fingerprint density at radius 3 is 2.32 bits per heavy atom. The molecule has 1 fully saturated rings. The predicted octanol–water partition coefficient (Wildman–Crippen LogP) is 3.14. The number of hydrogen-bond donors (Lipinski definition) is 2. The van der Waals surface area contributed by atoms with Crippen molar-refractivity contribution in [3.05, 3.63) is 65.5 Å². The van der Waals surface area contributed by atoms with Crippen LogP contribution in [0.3, 0.4) is 0 Å². The van der Waals surface area contributed by atoms with Gasteiger partial charge in [0.15, 0.2) is 6.54 Å². The van der Waals surface area contributed by atoms with Crippen LogP contribution in [0.1, 0.15) is 43.7 Å². The molecular formula is C21H26FN2O+. The Hall–Kier alpha value is -2.20. The molecule has 132 valence electrons. The highest BCUT2D eigenvalue weighted by molar-refractivity contribution is 5.91. The maximum absolute atomic E-state index is 13.1. The largest absolute Gasteiger partial charge is 0.321 e. The number of carbonyl (C=O) groups is 1. The zero-order valence-electron chi connectivity index (χ0n) is 14.9. The van der Waals surface area contributed by atoms with E-state index in [0.29, 0.717) is 18.5 Å². The number of benzene rings is 2. The van der Waals surface area contributed by atoms with Crippen molar-refractivity contribution < 1.29 is 14.1 Å². The van der Waals surface area contributed by atoms with E-state index in [2.05, 4.69) is 31.3 Å². The Morgan fingerprint density at radius 1 is 1.12 bits per heavy atom. The van der Waals surface area contributed by atoms with Gasteiger partial charge in [-0.3, -0.25) is 4.79 Å². The van der Waals surface area contributed by atoms with E-state index in [0.717, 1.165) is 30.6 Å². The fraction of sp³-hybridized carbons (Fsp3) is 0.381. The number of amides is 1. The van der Waals surface area contributed by atoms with Gasteiger partial charge in [-0.15, -0.1) is 0 Å². The van der Waals surface area contributed by atoms with Gasteiger partial charge in [0.05, 0.1) is 6.04 Å². The van der Waals surface area contributed by atoms with Crippen LogP contribution in [0, 0.1) is 5.82 Å². The lowest BCUT2D eigenvalue weighted by Gasteiger charge is -2.19. The Kier molecular flexibility index (Phi) is 5.49. The minimum atomic E-state index is -0.223. The summed E-state index contributed by atoms with van der Waals surface area (Å²) in [6, 6.07) is 15.2. The number of carbonyl (C=O) groups excluding carboxylic acids is 1. The van der Waals surface area contributed by atoms with E-state index in [9.17, 15) is 9.18 Å². The molecule has 0 bridgehead atoms. The second-order valence-corrected chi connectivity index (χ2v) is 7.24. The lowest BCUT2D eigenvalue weighted by atomic mass is 10.0. The van der Waals surface area contributed by atoms with Crippen molar-refractivity contribution in [3.8, 4) is 0 Å². The molecule has 0 saturated heterocycles. The molecule has 3 nitrogen and oxygen atoms in total. The predicted molar refractivity (Wildman–Crippen MR) is 98.1 cm³/mol. The zero-order chi connectivity index (χ0) is 17.8. The number of nitrogens with one attached hydrogen (secondary N) is 2. The van der Waals surface area contributed by atoms with E-state index in [1.165, 1.54) is 22.6 Å². The molecule has 0 spiro atoms. The summed E-state index contributed by atoms with van der Waals surface area (Å²) in [6.45, 7) is 5.50. The van der Waals surface area contributed by atoms with Gasteiger partial charge in [0.1, 0.15) is 12.4 Å². The first-order chi connectivity index (χ1) is 12.0. The third-order valence-corrected chi connectivity index (χ3v) is 4.75. The quantitative estimate of drug-likeness (QED) is 0.797. The fourth-order valence-corrected chi connectivity index (χ4v) is 3.07. The summed E-state index contributed by atoms with van der Waals surface area (Å²) in [4.78, 5) is 13.7. The van der Waals surface area contributed by atoms with Gasteiger partial charge >= 0.3 is 0 Å². The van der Waals surface area contributed by atoms with E-state index in [-0.39, 0.29) is 11.7 Å². The first-order valence-electron chi connectivity index (χ1n) is 9.00. The van der Waals surface area contributed by atoms with Crippen LogP contribution in [-0.4, -0.2) is 18.5 Å². The molecule has 0 aromatic heterocycles. The molecular weight excluding hydrogens is 315 g/mol. The van der Waals surface area contributed by atoms with E-state index in [4.69, 9.17) is 0 Å². The van der Waals surface area contributed by atoms with Crippen molar-refractivity contribution in [1.29, 1.82) is 0 Å². The summed E-state index contributed by atoms with van der Waals surface area (Å²) in [5.41, 5.74) is 3.17. The van der Waals surface area contributed by atoms with Crippen LogP contribution < -0.4 is 10.2 Å². The van der Waals surface area contributed by atoms with Gasteiger partial charge in [-0.2, -0.15) is 0 Å². The monoisotopic (exact) mass is 341 g/mol. The first kappa shape index (κ1) is 17.6. The maximum atomic E-state index is 13.1. The molecule has 2 aromatic carbocycles. The lowest BCUT2D eigenvalue weighted by molar-refractivity contribution is -0.916. The first-order valence-corrected chi connectivity index (χ1v) is 9.00. The number of halogens is 1. The number of rotatable bonds is 7. The normalized spacial score (nSPS) is 15.2. The Balaban J connectivity index is 1.58. The van der Waals surface area contributed by atoms with Crippen LogP contribution in [0.25, 0.3) is 0 Å². The fourth-order valence-electron chi connectivity index (χ4n) is 3.07. The molecule has 1 saturated carbocycles. The SMILES string of the molecule is CC(C)c1ccc(NC(=O)C[NH+](Cc2ccc(F)cc2)C2CC2)cc1. The van der Waals surface area contributed by atoms with E-state index >= 15 is 0 Å². The van der Waals surface area contributed by atoms with Crippen LogP contribution in [0.2, 0.25) is 0 Å². The van der Waals surface area contributed by atoms with Crippen molar-refractivity contribution in [2.45, 2.75) is 45.2 Å². The Labute approximate surface area is 148 Å². The molecule has 0 aliphatic heterocycles. The molecule has 25 heavy (non-hydrogen) atoms. The number of anilines is 1. The Bertz CT molecular complexity index is 706. The summed E-state index contributed by atoms with van der Waals surface area (Å²) >= 11 is 0. The number of quaternary nitrogens is 1. The van der Waals surface area contributed by atoms with Crippen molar-refractivity contribution in [1.82, 2.24) is 0 Å². The van der Waals surface area contributed by atoms with Gasteiger partial charge in [-0.25, -0.2) is 4.39 Å². The molecule has 1 unspecified atom stereocenters. The average Bonchev–Trinajstić information content (AvgIpc) is 3.41. The third kappa shape index (κ3) is 5.13. The van der Waals surface area contributed by atoms with E-state index in [1.807, 2.05) is 12.1 Å². The second-order valence-electron chi connectivity index (χ2n) is 7.24. The van der Waals surface area contributed by atoms with Gasteiger partial charge < -0.3 is 10.2 Å². The highest BCUT2D eigenvalue weighted by Crippen LogP contribution is 2.18. The van der Waals surface area contributed by atoms with Crippen molar-refractivity contribution in [3.63, 3.8) is 0 Å². The summed E-state index contributed by atoms with van der Waals surface area (Å²) in [6.07, 6.45) is 2.32. The molecule has 2 aromatic rings. The molecule has 1 aliphatic carbocycles. The summed E-state index contributed by atoms with van der Waals surface area (Å²) in [5.74, 6) is 0.288. The topological polar surface area (TPSA) is 33.5 Å². The molecule has 3 rings (SSSR count).